The normalized spacial score (nSPS) is 10.4. The van der Waals surface area contributed by atoms with Crippen LogP contribution in [0.1, 0.15) is 6.92 Å². The number of rotatable bonds is 9. The number of nitrogens with zero attached hydrogens (tertiary/aromatic N) is 3. The molecule has 0 unspecified atom stereocenters. The molecule has 8 heteroatoms. The van der Waals surface area contributed by atoms with E-state index in [2.05, 4.69) is 15.0 Å². The standard InChI is InChI=1S/C10H16ClN3O4/c1-3-17-9-12-8(11)13-10(14-9)18-7-6-16-5-4-15-2/h3-7H2,1-2H3. The van der Waals surface area contributed by atoms with E-state index < -0.39 is 0 Å². The van der Waals surface area contributed by atoms with Gasteiger partial charge in [0.1, 0.15) is 6.61 Å². The molecule has 1 aromatic heterocycles. The molecule has 0 saturated heterocycles. The summed E-state index contributed by atoms with van der Waals surface area (Å²) in [5, 5.41) is 0.0313. The van der Waals surface area contributed by atoms with Gasteiger partial charge in [0.25, 0.3) is 0 Å². The molecule has 0 aliphatic heterocycles. The Balaban J connectivity index is 2.32. The highest BCUT2D eigenvalue weighted by molar-refractivity contribution is 6.28. The Morgan fingerprint density at radius 3 is 2.28 bits per heavy atom. The molecule has 0 aliphatic rings. The largest absolute Gasteiger partial charge is 0.464 e. The second-order valence-electron chi connectivity index (χ2n) is 3.06. The molecule has 1 heterocycles. The van der Waals surface area contributed by atoms with Crippen LogP contribution in [0.2, 0.25) is 5.28 Å². The first-order valence-electron chi connectivity index (χ1n) is 5.50. The Morgan fingerprint density at radius 2 is 1.61 bits per heavy atom. The van der Waals surface area contributed by atoms with Crippen LogP contribution in [0.15, 0.2) is 0 Å². The third-order valence-electron chi connectivity index (χ3n) is 1.73. The lowest BCUT2D eigenvalue weighted by atomic mass is 10.7. The van der Waals surface area contributed by atoms with Crippen molar-refractivity contribution in [2.45, 2.75) is 6.92 Å². The Hall–Kier alpha value is -1.18. The maximum Gasteiger partial charge on any atom is 0.324 e. The lowest BCUT2D eigenvalue weighted by Gasteiger charge is -2.06. The summed E-state index contributed by atoms with van der Waals surface area (Å²) in [6.07, 6.45) is 0. The fraction of sp³-hybridized carbons (Fsp3) is 0.700. The van der Waals surface area contributed by atoms with E-state index in [0.717, 1.165) is 0 Å². The number of hydrogen-bond acceptors (Lipinski definition) is 7. The lowest BCUT2D eigenvalue weighted by molar-refractivity contribution is 0.0526. The number of halogens is 1. The first-order valence-corrected chi connectivity index (χ1v) is 5.88. The van der Waals surface area contributed by atoms with Gasteiger partial charge in [0.05, 0.1) is 26.4 Å². The fourth-order valence-corrected chi connectivity index (χ4v) is 1.15. The summed E-state index contributed by atoms with van der Waals surface area (Å²) >= 11 is 5.70. The monoisotopic (exact) mass is 277 g/mol. The highest BCUT2D eigenvalue weighted by atomic mass is 35.5. The molecule has 0 saturated carbocycles. The van der Waals surface area contributed by atoms with E-state index in [1.54, 1.807) is 7.11 Å². The average molecular weight is 278 g/mol. The van der Waals surface area contributed by atoms with Crippen LogP contribution in [-0.4, -0.2) is 55.1 Å². The van der Waals surface area contributed by atoms with E-state index in [9.17, 15) is 0 Å². The average Bonchev–Trinajstić information content (AvgIpc) is 2.33. The maximum atomic E-state index is 5.70. The van der Waals surface area contributed by atoms with Crippen LogP contribution in [0.5, 0.6) is 12.0 Å². The SMILES string of the molecule is CCOc1nc(Cl)nc(OCCOCCOC)n1. The topological polar surface area (TPSA) is 75.6 Å². The van der Waals surface area contributed by atoms with Crippen LogP contribution in [0.25, 0.3) is 0 Å². The van der Waals surface area contributed by atoms with Crippen LogP contribution >= 0.6 is 11.6 Å². The molecule has 0 aromatic carbocycles. The van der Waals surface area contributed by atoms with Gasteiger partial charge in [0, 0.05) is 7.11 Å². The van der Waals surface area contributed by atoms with Crippen molar-refractivity contribution >= 4 is 11.6 Å². The summed E-state index contributed by atoms with van der Waals surface area (Å²) in [6.45, 7) is 4.06. The van der Waals surface area contributed by atoms with E-state index in [1.807, 2.05) is 6.92 Å². The van der Waals surface area contributed by atoms with Crippen molar-refractivity contribution in [3.05, 3.63) is 5.28 Å². The molecule has 102 valence electrons. The first kappa shape index (κ1) is 14.9. The van der Waals surface area contributed by atoms with Crippen molar-refractivity contribution in [3.63, 3.8) is 0 Å². The zero-order valence-corrected chi connectivity index (χ0v) is 11.1. The summed E-state index contributed by atoms with van der Waals surface area (Å²) in [6, 6.07) is 0.265. The van der Waals surface area contributed by atoms with Crippen LogP contribution < -0.4 is 9.47 Å². The highest BCUT2D eigenvalue weighted by Crippen LogP contribution is 2.12. The molecule has 0 fully saturated rings. The summed E-state index contributed by atoms with van der Waals surface area (Å²) in [5.41, 5.74) is 0. The van der Waals surface area contributed by atoms with Gasteiger partial charge < -0.3 is 18.9 Å². The van der Waals surface area contributed by atoms with Crippen molar-refractivity contribution in [2.75, 3.05) is 40.1 Å². The van der Waals surface area contributed by atoms with Crippen molar-refractivity contribution in [1.29, 1.82) is 0 Å². The Labute approximate surface area is 110 Å². The molecule has 0 N–H and O–H groups in total. The molecule has 0 bridgehead atoms. The van der Waals surface area contributed by atoms with E-state index in [4.69, 9.17) is 30.5 Å². The number of methoxy groups -OCH3 is 1. The zero-order chi connectivity index (χ0) is 13.2. The van der Waals surface area contributed by atoms with E-state index in [-0.39, 0.29) is 17.3 Å². The molecule has 1 aromatic rings. The predicted molar refractivity (Wildman–Crippen MR) is 64.2 cm³/mol. The quantitative estimate of drug-likeness (QED) is 0.622. The molecule has 0 aliphatic carbocycles. The van der Waals surface area contributed by atoms with Crippen molar-refractivity contribution in [1.82, 2.24) is 15.0 Å². The molecule has 7 nitrogen and oxygen atoms in total. The van der Waals surface area contributed by atoms with Gasteiger partial charge in [-0.2, -0.15) is 9.97 Å². The van der Waals surface area contributed by atoms with Gasteiger partial charge in [-0.3, -0.25) is 0 Å². The van der Waals surface area contributed by atoms with Gasteiger partial charge in [-0.1, -0.05) is 0 Å². The summed E-state index contributed by atoms with van der Waals surface area (Å²) in [4.78, 5) is 11.5. The second-order valence-corrected chi connectivity index (χ2v) is 3.39. The van der Waals surface area contributed by atoms with E-state index in [1.165, 1.54) is 0 Å². The van der Waals surface area contributed by atoms with Crippen LogP contribution in [0.4, 0.5) is 0 Å². The third kappa shape index (κ3) is 5.95. The van der Waals surface area contributed by atoms with Gasteiger partial charge >= 0.3 is 12.0 Å². The molecular weight excluding hydrogens is 262 g/mol. The van der Waals surface area contributed by atoms with Crippen molar-refractivity contribution < 1.29 is 18.9 Å². The van der Waals surface area contributed by atoms with E-state index in [0.29, 0.717) is 33.0 Å². The minimum absolute atomic E-state index is 0.0313. The minimum Gasteiger partial charge on any atom is -0.464 e. The number of ether oxygens (including phenoxy) is 4. The summed E-state index contributed by atoms with van der Waals surface area (Å²) in [7, 11) is 1.61. The smallest absolute Gasteiger partial charge is 0.324 e. The van der Waals surface area contributed by atoms with Gasteiger partial charge in [-0.25, -0.2) is 0 Å². The molecule has 0 radical (unpaired) electrons. The first-order chi connectivity index (χ1) is 8.76. The van der Waals surface area contributed by atoms with Crippen LogP contribution in [-0.2, 0) is 9.47 Å². The Morgan fingerprint density at radius 1 is 0.944 bits per heavy atom. The number of hydrogen-bond donors (Lipinski definition) is 0. The molecule has 0 amide bonds. The Bertz CT molecular complexity index is 354. The zero-order valence-electron chi connectivity index (χ0n) is 10.4. The van der Waals surface area contributed by atoms with Crippen molar-refractivity contribution in [3.8, 4) is 12.0 Å². The van der Waals surface area contributed by atoms with Crippen LogP contribution in [0.3, 0.4) is 0 Å². The van der Waals surface area contributed by atoms with Crippen LogP contribution in [0, 0.1) is 0 Å². The van der Waals surface area contributed by atoms with Gasteiger partial charge in [0.15, 0.2) is 0 Å². The predicted octanol–water partition coefficient (Wildman–Crippen LogP) is 0.966. The van der Waals surface area contributed by atoms with Gasteiger partial charge in [-0.15, -0.1) is 4.98 Å². The number of aromatic nitrogens is 3. The lowest BCUT2D eigenvalue weighted by Crippen LogP contribution is -2.12. The van der Waals surface area contributed by atoms with E-state index >= 15 is 0 Å². The molecular formula is C10H16ClN3O4. The van der Waals surface area contributed by atoms with Gasteiger partial charge in [0.2, 0.25) is 5.28 Å². The third-order valence-corrected chi connectivity index (χ3v) is 1.90. The molecule has 0 spiro atoms. The summed E-state index contributed by atoms with van der Waals surface area (Å²) < 4.78 is 20.4. The minimum atomic E-state index is 0.0313. The maximum absolute atomic E-state index is 5.70. The molecule has 0 atom stereocenters. The second kappa shape index (κ2) is 8.84. The highest BCUT2D eigenvalue weighted by Gasteiger charge is 2.06. The fourth-order valence-electron chi connectivity index (χ4n) is 1.01. The van der Waals surface area contributed by atoms with Crippen molar-refractivity contribution in [2.24, 2.45) is 0 Å². The molecule has 18 heavy (non-hydrogen) atoms. The Kier molecular flexibility index (Phi) is 7.31. The summed E-state index contributed by atoms with van der Waals surface area (Å²) in [5.74, 6) is 0. The molecule has 1 rings (SSSR count). The van der Waals surface area contributed by atoms with Gasteiger partial charge in [-0.05, 0) is 18.5 Å².